The summed E-state index contributed by atoms with van der Waals surface area (Å²) in [6.07, 6.45) is 5.96. The number of unbranched alkanes of at least 4 members (excludes halogenated alkanes) is 2. The lowest BCUT2D eigenvalue weighted by atomic mass is 10.1. The van der Waals surface area contributed by atoms with E-state index in [1.54, 1.807) is 12.4 Å². The highest BCUT2D eigenvalue weighted by molar-refractivity contribution is 5.85. The molecule has 30 heavy (non-hydrogen) atoms. The smallest absolute Gasteiger partial charge is 0.150 e. The van der Waals surface area contributed by atoms with Crippen LogP contribution in [0.3, 0.4) is 0 Å². The van der Waals surface area contributed by atoms with Crippen molar-refractivity contribution in [3.05, 3.63) is 59.9 Å². The van der Waals surface area contributed by atoms with Crippen LogP contribution in [0.15, 0.2) is 48.8 Å². The Morgan fingerprint density at radius 2 is 1.83 bits per heavy atom. The van der Waals surface area contributed by atoms with E-state index in [-0.39, 0.29) is 0 Å². The van der Waals surface area contributed by atoms with Gasteiger partial charge in [-0.25, -0.2) is 4.98 Å². The van der Waals surface area contributed by atoms with Gasteiger partial charge in [-0.15, -0.1) is 0 Å². The number of hydrogen-bond donors (Lipinski definition) is 0. The number of piperazine rings is 1. The highest BCUT2D eigenvalue weighted by atomic mass is 16.1. The molecule has 2 aromatic carbocycles. The minimum absolute atomic E-state index is 0.652. The molecule has 154 valence electrons. The van der Waals surface area contributed by atoms with Gasteiger partial charge in [0.05, 0.1) is 11.0 Å². The van der Waals surface area contributed by atoms with Crippen LogP contribution in [0.5, 0.6) is 0 Å². The van der Waals surface area contributed by atoms with E-state index >= 15 is 0 Å². The van der Waals surface area contributed by atoms with Gasteiger partial charge in [0, 0.05) is 49.4 Å². The normalized spacial score (nSPS) is 15.1. The molecule has 0 saturated carbocycles. The Morgan fingerprint density at radius 1 is 1.03 bits per heavy atom. The van der Waals surface area contributed by atoms with Gasteiger partial charge in [0.25, 0.3) is 0 Å². The Kier molecular flexibility index (Phi) is 6.58. The van der Waals surface area contributed by atoms with Gasteiger partial charge < -0.3 is 9.80 Å². The summed E-state index contributed by atoms with van der Waals surface area (Å²) < 4.78 is 2.00. The SMILES string of the molecule is CN1CCN(CCCCC#Cc2ccc(-n3cnc4ccc(C=O)cc43)cc2)CC1. The van der Waals surface area contributed by atoms with Crippen LogP contribution in [0.1, 0.15) is 35.2 Å². The number of carbonyl (C=O) groups is 1. The Hall–Kier alpha value is -2.94. The number of fused-ring (bicyclic) bond motifs is 1. The van der Waals surface area contributed by atoms with Crippen molar-refractivity contribution in [2.75, 3.05) is 39.8 Å². The van der Waals surface area contributed by atoms with Crippen molar-refractivity contribution >= 4 is 17.3 Å². The fraction of sp³-hybridized carbons (Fsp3) is 0.360. The second-order valence-electron chi connectivity index (χ2n) is 7.93. The molecular weight excluding hydrogens is 372 g/mol. The molecule has 0 unspecified atom stereocenters. The first-order chi connectivity index (χ1) is 14.7. The van der Waals surface area contributed by atoms with Crippen LogP contribution in [0, 0.1) is 11.8 Å². The van der Waals surface area contributed by atoms with Crippen LogP contribution in [0.2, 0.25) is 0 Å². The topological polar surface area (TPSA) is 41.4 Å². The second kappa shape index (κ2) is 9.71. The third-order valence-electron chi connectivity index (χ3n) is 5.71. The minimum atomic E-state index is 0.652. The Morgan fingerprint density at radius 3 is 2.60 bits per heavy atom. The summed E-state index contributed by atoms with van der Waals surface area (Å²) in [5.41, 5.74) is 4.49. The summed E-state index contributed by atoms with van der Waals surface area (Å²) in [6, 6.07) is 13.7. The van der Waals surface area contributed by atoms with Crippen molar-refractivity contribution in [3.63, 3.8) is 0 Å². The third kappa shape index (κ3) is 4.96. The molecule has 0 atom stereocenters. The zero-order valence-corrected chi connectivity index (χ0v) is 17.6. The highest BCUT2D eigenvalue weighted by Gasteiger charge is 2.12. The summed E-state index contributed by atoms with van der Waals surface area (Å²) in [6.45, 7) is 5.94. The molecule has 0 aliphatic carbocycles. The first kappa shape index (κ1) is 20.3. The van der Waals surface area contributed by atoms with Gasteiger partial charge in [0.2, 0.25) is 0 Å². The maximum atomic E-state index is 11.1. The van der Waals surface area contributed by atoms with Crippen LogP contribution in [-0.2, 0) is 0 Å². The zero-order valence-electron chi connectivity index (χ0n) is 17.6. The number of nitrogens with zero attached hydrogens (tertiary/aromatic N) is 4. The summed E-state index contributed by atoms with van der Waals surface area (Å²) in [5, 5.41) is 0. The van der Waals surface area contributed by atoms with E-state index < -0.39 is 0 Å². The van der Waals surface area contributed by atoms with E-state index in [1.807, 2.05) is 41.0 Å². The number of rotatable bonds is 6. The summed E-state index contributed by atoms with van der Waals surface area (Å²) in [4.78, 5) is 20.4. The molecule has 0 radical (unpaired) electrons. The van der Waals surface area contributed by atoms with Gasteiger partial charge in [-0.05, 0) is 68.9 Å². The molecule has 5 nitrogen and oxygen atoms in total. The molecule has 1 aliphatic rings. The predicted octanol–water partition coefficient (Wildman–Crippen LogP) is 3.61. The van der Waals surface area contributed by atoms with Gasteiger partial charge >= 0.3 is 0 Å². The number of hydrogen-bond acceptors (Lipinski definition) is 4. The largest absolute Gasteiger partial charge is 0.304 e. The average molecular weight is 401 g/mol. The van der Waals surface area contributed by atoms with Crippen molar-refractivity contribution in [1.29, 1.82) is 0 Å². The Bertz CT molecular complexity index is 1050. The van der Waals surface area contributed by atoms with Crippen LogP contribution in [0.4, 0.5) is 0 Å². The first-order valence-electron chi connectivity index (χ1n) is 10.7. The average Bonchev–Trinajstić information content (AvgIpc) is 3.21. The maximum Gasteiger partial charge on any atom is 0.150 e. The van der Waals surface area contributed by atoms with Gasteiger partial charge in [-0.1, -0.05) is 11.8 Å². The Labute approximate surface area is 178 Å². The molecule has 4 rings (SSSR count). The molecule has 0 amide bonds. The predicted molar refractivity (Wildman–Crippen MR) is 121 cm³/mol. The number of aldehydes is 1. The second-order valence-corrected chi connectivity index (χ2v) is 7.93. The lowest BCUT2D eigenvalue weighted by molar-refractivity contribution is 0.112. The van der Waals surface area contributed by atoms with E-state index in [1.165, 1.54) is 39.1 Å². The van der Waals surface area contributed by atoms with Crippen molar-refractivity contribution in [2.24, 2.45) is 0 Å². The van der Waals surface area contributed by atoms with Crippen molar-refractivity contribution < 1.29 is 4.79 Å². The van der Waals surface area contributed by atoms with Gasteiger partial charge in [-0.3, -0.25) is 9.36 Å². The molecule has 1 fully saturated rings. The number of aromatic nitrogens is 2. The molecular formula is C25H28N4O. The van der Waals surface area contributed by atoms with Crippen molar-refractivity contribution in [2.45, 2.75) is 19.3 Å². The van der Waals surface area contributed by atoms with E-state index in [2.05, 4.69) is 33.7 Å². The lowest BCUT2D eigenvalue weighted by Gasteiger charge is -2.32. The molecule has 2 heterocycles. The van der Waals surface area contributed by atoms with Crippen LogP contribution >= 0.6 is 0 Å². The third-order valence-corrected chi connectivity index (χ3v) is 5.71. The zero-order chi connectivity index (χ0) is 20.8. The van der Waals surface area contributed by atoms with Crippen LogP contribution < -0.4 is 0 Å². The van der Waals surface area contributed by atoms with Gasteiger partial charge in [0.15, 0.2) is 0 Å². The highest BCUT2D eigenvalue weighted by Crippen LogP contribution is 2.19. The number of imidazole rings is 1. The fourth-order valence-electron chi connectivity index (χ4n) is 3.79. The van der Waals surface area contributed by atoms with Crippen molar-refractivity contribution in [1.82, 2.24) is 19.4 Å². The molecule has 1 aliphatic heterocycles. The van der Waals surface area contributed by atoms with Crippen LogP contribution in [-0.4, -0.2) is 65.4 Å². The first-order valence-corrected chi connectivity index (χ1v) is 10.7. The quantitative estimate of drug-likeness (QED) is 0.360. The molecule has 0 bridgehead atoms. The van der Waals surface area contributed by atoms with Crippen LogP contribution in [0.25, 0.3) is 16.7 Å². The van der Waals surface area contributed by atoms with E-state index in [4.69, 9.17) is 0 Å². The van der Waals surface area contributed by atoms with Gasteiger partial charge in [-0.2, -0.15) is 0 Å². The number of likely N-dealkylation sites (N-methyl/N-ethyl adjacent to an activating group) is 1. The Balaban J connectivity index is 1.30. The monoisotopic (exact) mass is 400 g/mol. The molecule has 0 N–H and O–H groups in total. The summed E-state index contributed by atoms with van der Waals surface area (Å²) in [5.74, 6) is 6.59. The van der Waals surface area contributed by atoms with E-state index in [0.717, 1.165) is 41.4 Å². The fourth-order valence-corrected chi connectivity index (χ4v) is 3.79. The molecule has 3 aromatic rings. The van der Waals surface area contributed by atoms with Crippen molar-refractivity contribution in [3.8, 4) is 17.5 Å². The number of carbonyl (C=O) groups excluding carboxylic acids is 1. The molecule has 1 saturated heterocycles. The van der Waals surface area contributed by atoms with Gasteiger partial charge in [0.1, 0.15) is 12.6 Å². The lowest BCUT2D eigenvalue weighted by Crippen LogP contribution is -2.44. The minimum Gasteiger partial charge on any atom is -0.304 e. The summed E-state index contributed by atoms with van der Waals surface area (Å²) in [7, 11) is 2.20. The van der Waals surface area contributed by atoms with E-state index in [0.29, 0.717) is 5.56 Å². The van der Waals surface area contributed by atoms with E-state index in [9.17, 15) is 4.79 Å². The number of benzene rings is 2. The maximum absolute atomic E-state index is 11.1. The molecule has 5 heteroatoms. The summed E-state index contributed by atoms with van der Waals surface area (Å²) >= 11 is 0. The molecule has 1 aromatic heterocycles. The molecule has 0 spiro atoms. The standard InChI is InChI=1S/C25H28N4O/c1-27-14-16-28(17-15-27)13-5-3-2-4-6-21-7-10-23(11-8-21)29-20-26-24-12-9-22(19-30)18-25(24)29/h7-12,18-20H,2-3,5,13-17H2,1H3.